The first kappa shape index (κ1) is 93.1. The van der Waals surface area contributed by atoms with Crippen LogP contribution in [0.5, 0.6) is 5.75 Å². The van der Waals surface area contributed by atoms with Gasteiger partial charge in [0, 0.05) is 50.1 Å². The number of likely N-dealkylation sites (tertiary alicyclic amines) is 1. The smallest absolute Gasteiger partial charge is 0.326 e. The fourth-order valence-corrected chi connectivity index (χ4v) is 12.2. The third kappa shape index (κ3) is 31.2. The lowest BCUT2D eigenvalue weighted by Gasteiger charge is -2.30. The predicted octanol–water partition coefficient (Wildman–Crippen LogP) is -6.64. The van der Waals surface area contributed by atoms with E-state index < -0.39 is 199 Å². The summed E-state index contributed by atoms with van der Waals surface area (Å²) in [6.45, 7) is 0.689. The number of rotatable bonds is 48. The van der Waals surface area contributed by atoms with Crippen LogP contribution in [0.1, 0.15) is 87.6 Å². The van der Waals surface area contributed by atoms with Gasteiger partial charge in [-0.3, -0.25) is 72.5 Å². The first-order valence-corrected chi connectivity index (χ1v) is 37.8. The Morgan fingerprint density at radius 3 is 1.63 bits per heavy atom. The van der Waals surface area contributed by atoms with Crippen molar-refractivity contribution in [2.75, 3.05) is 44.3 Å². The minimum absolute atomic E-state index is 0.000116. The molecule has 5 rings (SSSR count). The Balaban J connectivity index is 1.22. The molecule has 114 heavy (non-hydrogen) atoms. The van der Waals surface area contributed by atoms with Gasteiger partial charge in [0.05, 0.1) is 43.7 Å². The van der Waals surface area contributed by atoms with Crippen LogP contribution < -0.4 is 86.3 Å². The van der Waals surface area contributed by atoms with Crippen molar-refractivity contribution in [2.45, 2.75) is 176 Å². The van der Waals surface area contributed by atoms with E-state index in [0.717, 1.165) is 17.4 Å². The Morgan fingerprint density at radius 1 is 0.570 bits per heavy atom. The number of carboxylic acid groups (broad SMARTS) is 2. The third-order valence-electron chi connectivity index (χ3n) is 17.9. The number of aliphatic hydroxyl groups excluding tert-OH is 2. The van der Waals surface area contributed by atoms with Gasteiger partial charge in [-0.15, -0.1) is 0 Å². The lowest BCUT2D eigenvalue weighted by Crippen LogP contribution is -2.61. The topological polar surface area (TPSA) is 647 Å². The van der Waals surface area contributed by atoms with Crippen LogP contribution in [-0.4, -0.2) is 264 Å². The van der Waals surface area contributed by atoms with Crippen LogP contribution in [0, 0.1) is 5.41 Å². The summed E-state index contributed by atoms with van der Waals surface area (Å²) in [6.07, 6.45) is 0.495. The number of imidazole rings is 1. The number of aromatic amines is 1. The highest BCUT2D eigenvalue weighted by Gasteiger charge is 2.41. The molecule has 1 aromatic heterocycles. The average molecular weight is 1630 g/mol. The van der Waals surface area contributed by atoms with E-state index >= 15 is 0 Å². The lowest BCUT2D eigenvalue weighted by atomic mass is 10.0. The van der Waals surface area contributed by atoms with Crippen LogP contribution in [0.15, 0.2) is 97.5 Å². The second-order valence-electron chi connectivity index (χ2n) is 26.8. The molecule has 0 unspecified atom stereocenters. The molecule has 14 atom stereocenters. The number of carboxylic acids is 2. The molecule has 0 radical (unpaired) electrons. The summed E-state index contributed by atoms with van der Waals surface area (Å²) in [4.78, 5) is 213. The molecule has 622 valence electrons. The van der Waals surface area contributed by atoms with E-state index in [1.807, 2.05) is 0 Å². The van der Waals surface area contributed by atoms with Crippen LogP contribution in [0.2, 0.25) is 0 Å². The predicted molar refractivity (Wildman–Crippen MR) is 415 cm³/mol. The lowest BCUT2D eigenvalue weighted by molar-refractivity contribution is -0.143. The standard InChI is InChI=1S/C72H102N20O20S2/c1-38(81-61(101)46(18-11-25-78-72(75)76)83-60(100)45(74)27-40-13-5-3-6-14-40)59(99)90-54(36-114)70(110)92-26-12-19-55(92)68(108)88-49(28-41-15-7-4-8-16-41)63(103)87-51(31-57(97)98)65(105)89-53(35-113)67(107)91-58(39(2)94)69(109)79-33-56(96)82-52(34-93)66(106)85-48(29-42-20-22-44(95)23-21-42)62(102)86-50(30-43-32-77-37-80-43)64(104)84-47(71(111)112)17-9-10-24-73/h3-8,13-16,20-23,32,37-39,45-55,58,93-95,113-114H,9-12,17-19,24-31,33-36,73-74H2,1-2H3,(H,77,80)(H,79,109)(H,81,101)(H,82,96)(H,83,100)(H,84,104)(H,85,106)(H,86,102)(H,87,103)(H,88,108)(H,89,105)(H,90,99)(H,91,107)(H,97,98)(H,111,112)(H4,75,76,78)/t38-,39+,45-,46-,47-,48-,49-,50-,51-,52-,53-,54-,55-,58-/m0/s1. The molecule has 4 aromatic rings. The Kier molecular flexibility index (Phi) is 39.0. The number of nitrogens with one attached hydrogen (secondary N) is 15. The number of aromatic hydroxyl groups is 1. The highest BCUT2D eigenvalue weighted by molar-refractivity contribution is 7.80. The highest BCUT2D eigenvalue weighted by Crippen LogP contribution is 2.21. The van der Waals surface area contributed by atoms with E-state index in [1.165, 1.54) is 43.7 Å². The number of phenolic OH excluding ortho intramolecular Hbond substituents is 1. The molecular formula is C72H102N20O20S2. The molecule has 0 spiro atoms. The monoisotopic (exact) mass is 1630 g/mol. The second-order valence-corrected chi connectivity index (χ2v) is 27.6. The van der Waals surface area contributed by atoms with Crippen molar-refractivity contribution in [3.63, 3.8) is 0 Å². The van der Waals surface area contributed by atoms with Gasteiger partial charge in [0.15, 0.2) is 5.96 Å². The number of aromatic nitrogens is 2. The fraction of sp³-hybridized carbons (Fsp3) is 0.486. The summed E-state index contributed by atoms with van der Waals surface area (Å²) in [5, 5.41) is 89.8. The SMILES string of the molecule is C[C@H](NC(=O)[C@H](CCCNC(=N)N)NC(=O)[C@@H](N)Cc1ccccc1)C(=O)N[C@@H](CS)C(=O)N1CCC[C@H]1C(=O)N[C@@H](Cc1ccccc1)C(=O)N[C@@H](CC(=O)O)C(=O)N[C@@H](CS)C(=O)N[C@H](C(=O)NCC(=O)N[C@@H](CO)C(=O)N[C@@H](Cc1ccc(O)cc1)C(=O)N[C@@H](Cc1c[nH]cn1)C(=O)N[C@@H](CCCCN)C(=O)O)[C@@H](C)O. The quantitative estimate of drug-likeness (QED) is 0.00846. The molecule has 2 heterocycles. The third-order valence-corrected chi connectivity index (χ3v) is 18.6. The van der Waals surface area contributed by atoms with E-state index in [9.17, 15) is 97.5 Å². The van der Waals surface area contributed by atoms with E-state index in [2.05, 4.69) is 104 Å². The van der Waals surface area contributed by atoms with Gasteiger partial charge >= 0.3 is 11.9 Å². The number of thiol groups is 2. The van der Waals surface area contributed by atoms with Crippen LogP contribution in [0.25, 0.3) is 0 Å². The number of amides is 13. The fourth-order valence-electron chi connectivity index (χ4n) is 11.7. The van der Waals surface area contributed by atoms with Crippen molar-refractivity contribution in [3.05, 3.63) is 120 Å². The molecule has 0 aliphatic carbocycles. The zero-order valence-electron chi connectivity index (χ0n) is 62.6. The van der Waals surface area contributed by atoms with Gasteiger partial charge in [0.2, 0.25) is 76.8 Å². The van der Waals surface area contributed by atoms with Gasteiger partial charge in [0.1, 0.15) is 78.3 Å². The van der Waals surface area contributed by atoms with E-state index in [0.29, 0.717) is 24.0 Å². The minimum Gasteiger partial charge on any atom is -0.508 e. The summed E-state index contributed by atoms with van der Waals surface area (Å²) in [6, 6.07) is 2.55. The molecule has 13 amide bonds. The number of nitrogens with two attached hydrogens (primary N) is 3. The van der Waals surface area contributed by atoms with Crippen molar-refractivity contribution < 1.29 is 97.5 Å². The normalized spacial score (nSPS) is 15.8. The van der Waals surface area contributed by atoms with Gasteiger partial charge in [-0.1, -0.05) is 72.8 Å². The molecule has 0 bridgehead atoms. The Labute approximate surface area is 666 Å². The number of hydrogen-bond acceptors (Lipinski definition) is 24. The maximum atomic E-state index is 14.4. The molecule has 0 saturated carbocycles. The zero-order chi connectivity index (χ0) is 84.1. The largest absolute Gasteiger partial charge is 0.508 e. The molecule has 26 N–H and O–H groups in total. The molecule has 3 aromatic carbocycles. The van der Waals surface area contributed by atoms with Crippen molar-refractivity contribution in [2.24, 2.45) is 17.2 Å². The Hall–Kier alpha value is -11.5. The van der Waals surface area contributed by atoms with E-state index in [1.54, 1.807) is 60.7 Å². The van der Waals surface area contributed by atoms with Crippen molar-refractivity contribution >= 4 is 120 Å². The number of aliphatic carboxylic acids is 2. The number of carbonyl (C=O) groups excluding carboxylic acids is 13. The van der Waals surface area contributed by atoms with Gasteiger partial charge in [-0.05, 0) is 101 Å². The Bertz CT molecular complexity index is 3930. The number of carbonyl (C=O) groups is 15. The molecular weight excluding hydrogens is 1530 g/mol. The summed E-state index contributed by atoms with van der Waals surface area (Å²) in [7, 11) is 0. The van der Waals surface area contributed by atoms with Crippen molar-refractivity contribution in [1.29, 1.82) is 5.41 Å². The molecule has 42 heteroatoms. The highest BCUT2D eigenvalue weighted by atomic mass is 32.1. The van der Waals surface area contributed by atoms with E-state index in [4.69, 9.17) is 22.6 Å². The molecule has 1 saturated heterocycles. The number of guanidine groups is 1. The number of hydrogen-bond donors (Lipinski definition) is 25. The maximum absolute atomic E-state index is 14.4. The second kappa shape index (κ2) is 47.8. The van der Waals surface area contributed by atoms with Gasteiger partial charge in [-0.2, -0.15) is 25.3 Å². The van der Waals surface area contributed by atoms with Crippen molar-refractivity contribution in [3.8, 4) is 5.75 Å². The summed E-state index contributed by atoms with van der Waals surface area (Å²) in [5.74, 6) is -17.4. The first-order chi connectivity index (χ1) is 54.2. The number of aliphatic hydroxyl groups is 2. The summed E-state index contributed by atoms with van der Waals surface area (Å²) < 4.78 is 0. The maximum Gasteiger partial charge on any atom is 0.326 e. The number of unbranched alkanes of at least 4 members (excludes halogenated alkanes) is 1. The number of phenols is 1. The summed E-state index contributed by atoms with van der Waals surface area (Å²) in [5.41, 5.74) is 19.0. The van der Waals surface area contributed by atoms with Gasteiger partial charge in [0.25, 0.3) is 0 Å². The number of benzene rings is 3. The number of nitrogens with zero attached hydrogens (tertiary/aromatic N) is 2. The average Bonchev–Trinajstić information content (AvgIpc) is 1.58. The molecule has 1 aliphatic heterocycles. The first-order valence-electron chi connectivity index (χ1n) is 36.5. The van der Waals surface area contributed by atoms with Crippen LogP contribution in [-0.2, 0) is 97.6 Å². The summed E-state index contributed by atoms with van der Waals surface area (Å²) >= 11 is 8.46. The van der Waals surface area contributed by atoms with Crippen molar-refractivity contribution in [1.82, 2.24) is 84.0 Å². The molecule has 1 aliphatic rings. The molecule has 40 nitrogen and oxygen atoms in total. The zero-order valence-corrected chi connectivity index (χ0v) is 64.4. The van der Waals surface area contributed by atoms with Crippen LogP contribution in [0.4, 0.5) is 0 Å². The minimum atomic E-state index is -2.00. The van der Waals surface area contributed by atoms with Gasteiger partial charge < -0.3 is 122 Å². The van der Waals surface area contributed by atoms with Gasteiger partial charge in [-0.25, -0.2) is 9.78 Å². The Morgan fingerprint density at radius 2 is 1.08 bits per heavy atom. The van der Waals surface area contributed by atoms with Crippen LogP contribution >= 0.6 is 25.3 Å². The number of H-pyrrole nitrogens is 1. The van der Waals surface area contributed by atoms with E-state index in [-0.39, 0.29) is 101 Å². The van der Waals surface area contributed by atoms with Crippen LogP contribution in [0.3, 0.4) is 0 Å². The molecule has 1 fully saturated rings.